The van der Waals surface area contributed by atoms with Crippen molar-refractivity contribution in [3.63, 3.8) is 0 Å². The predicted octanol–water partition coefficient (Wildman–Crippen LogP) is 0.682. The van der Waals surface area contributed by atoms with Gasteiger partial charge in [0.1, 0.15) is 12.7 Å². The van der Waals surface area contributed by atoms with Crippen LogP contribution in [0.15, 0.2) is 31.0 Å². The third-order valence-electron chi connectivity index (χ3n) is 1.94. The quantitative estimate of drug-likeness (QED) is 0.754. The molecule has 0 fully saturated rings. The van der Waals surface area contributed by atoms with Gasteiger partial charge in [-0.3, -0.25) is 0 Å². The minimum atomic E-state index is -0.0668. The zero-order valence-corrected chi connectivity index (χ0v) is 7.83. The second kappa shape index (κ2) is 3.55. The molecule has 0 saturated carbocycles. The van der Waals surface area contributed by atoms with E-state index in [2.05, 4.69) is 15.1 Å². The highest BCUT2D eigenvalue weighted by Crippen LogP contribution is 2.15. The number of hydrogen-bond acceptors (Lipinski definition) is 4. The molecular formula is C9H11N5. The van der Waals surface area contributed by atoms with Crippen molar-refractivity contribution in [2.75, 3.05) is 0 Å². The second-order valence-electron chi connectivity index (χ2n) is 3.04. The number of hydrogen-bond donors (Lipinski definition) is 1. The van der Waals surface area contributed by atoms with Crippen LogP contribution in [0.2, 0.25) is 0 Å². The van der Waals surface area contributed by atoms with Gasteiger partial charge in [0, 0.05) is 17.8 Å². The number of rotatable bonds is 2. The van der Waals surface area contributed by atoms with Crippen molar-refractivity contribution in [1.82, 2.24) is 19.7 Å². The van der Waals surface area contributed by atoms with E-state index >= 15 is 0 Å². The van der Waals surface area contributed by atoms with Crippen LogP contribution in [-0.2, 0) is 0 Å². The Kier molecular flexibility index (Phi) is 2.24. The minimum Gasteiger partial charge on any atom is -0.324 e. The Bertz CT molecular complexity index is 407. The number of nitrogens with two attached hydrogens (primary N) is 1. The van der Waals surface area contributed by atoms with Gasteiger partial charge < -0.3 is 5.73 Å². The zero-order valence-electron chi connectivity index (χ0n) is 7.83. The van der Waals surface area contributed by atoms with Gasteiger partial charge in [-0.1, -0.05) is 6.07 Å². The van der Waals surface area contributed by atoms with Crippen LogP contribution in [0.1, 0.15) is 18.5 Å². The molecule has 2 aromatic heterocycles. The Morgan fingerprint density at radius 2 is 2.36 bits per heavy atom. The average Bonchev–Trinajstić information content (AvgIpc) is 2.70. The lowest BCUT2D eigenvalue weighted by Crippen LogP contribution is -2.11. The summed E-state index contributed by atoms with van der Waals surface area (Å²) in [5.74, 6) is 0.736. The highest BCUT2D eigenvalue weighted by Gasteiger charge is 2.09. The number of nitrogens with zero attached hydrogens (tertiary/aromatic N) is 4. The van der Waals surface area contributed by atoms with Crippen molar-refractivity contribution < 1.29 is 0 Å². The molecule has 0 amide bonds. The maximum Gasteiger partial charge on any atom is 0.159 e. The molecule has 2 rings (SSSR count). The van der Waals surface area contributed by atoms with Crippen molar-refractivity contribution in [3.05, 3.63) is 36.5 Å². The van der Waals surface area contributed by atoms with Gasteiger partial charge >= 0.3 is 0 Å². The maximum atomic E-state index is 5.82. The first kappa shape index (κ1) is 8.83. The molecular weight excluding hydrogens is 178 g/mol. The normalized spacial score (nSPS) is 12.7. The van der Waals surface area contributed by atoms with Gasteiger partial charge in [0.15, 0.2) is 5.82 Å². The van der Waals surface area contributed by atoms with Gasteiger partial charge in [-0.25, -0.2) is 14.6 Å². The first-order valence-corrected chi connectivity index (χ1v) is 4.34. The lowest BCUT2D eigenvalue weighted by Gasteiger charge is -2.09. The molecule has 14 heavy (non-hydrogen) atoms. The molecule has 0 aliphatic rings. The van der Waals surface area contributed by atoms with Crippen LogP contribution in [0.4, 0.5) is 0 Å². The topological polar surface area (TPSA) is 69.6 Å². The first-order chi connectivity index (χ1) is 6.79. The van der Waals surface area contributed by atoms with Crippen molar-refractivity contribution in [2.24, 2.45) is 5.73 Å². The molecule has 5 nitrogen and oxygen atoms in total. The molecule has 5 heteroatoms. The molecule has 1 atom stereocenters. The largest absolute Gasteiger partial charge is 0.324 e. The molecule has 0 aromatic carbocycles. The standard InChI is InChI=1S/C9H11N5/c1-7(10)8-3-2-4-12-9(8)14-6-11-5-13-14/h2-7H,10H2,1H3/t7-/m0/s1. The second-order valence-corrected chi connectivity index (χ2v) is 3.04. The predicted molar refractivity (Wildman–Crippen MR) is 51.8 cm³/mol. The van der Waals surface area contributed by atoms with Crippen molar-refractivity contribution >= 4 is 0 Å². The van der Waals surface area contributed by atoms with Crippen LogP contribution in [0.5, 0.6) is 0 Å². The summed E-state index contributed by atoms with van der Waals surface area (Å²) in [6.45, 7) is 1.91. The fourth-order valence-electron chi connectivity index (χ4n) is 1.27. The molecule has 2 aromatic rings. The molecule has 2 N–H and O–H groups in total. The molecule has 0 bridgehead atoms. The Labute approximate surface area is 81.6 Å². The van der Waals surface area contributed by atoms with Gasteiger partial charge in [0.05, 0.1) is 0 Å². The van der Waals surface area contributed by atoms with E-state index in [9.17, 15) is 0 Å². The maximum absolute atomic E-state index is 5.82. The van der Waals surface area contributed by atoms with E-state index in [0.29, 0.717) is 0 Å². The molecule has 0 unspecified atom stereocenters. The van der Waals surface area contributed by atoms with Crippen molar-refractivity contribution in [1.29, 1.82) is 0 Å². The Hall–Kier alpha value is -1.75. The van der Waals surface area contributed by atoms with E-state index in [-0.39, 0.29) is 6.04 Å². The fourth-order valence-corrected chi connectivity index (χ4v) is 1.27. The van der Waals surface area contributed by atoms with E-state index in [4.69, 9.17) is 5.73 Å². The SMILES string of the molecule is C[C@H](N)c1cccnc1-n1cncn1. The zero-order chi connectivity index (χ0) is 9.97. The monoisotopic (exact) mass is 189 g/mol. The summed E-state index contributed by atoms with van der Waals surface area (Å²) in [6, 6.07) is 3.73. The third-order valence-corrected chi connectivity index (χ3v) is 1.94. The lowest BCUT2D eigenvalue weighted by atomic mass is 10.1. The first-order valence-electron chi connectivity index (χ1n) is 4.34. The van der Waals surface area contributed by atoms with Gasteiger partial charge in [-0.15, -0.1) is 0 Å². The van der Waals surface area contributed by atoms with Gasteiger partial charge in [-0.05, 0) is 13.0 Å². The summed E-state index contributed by atoms with van der Waals surface area (Å²) >= 11 is 0. The van der Waals surface area contributed by atoms with Crippen molar-refractivity contribution in [3.8, 4) is 5.82 Å². The van der Waals surface area contributed by atoms with Gasteiger partial charge in [-0.2, -0.15) is 5.10 Å². The summed E-state index contributed by atoms with van der Waals surface area (Å²) in [5.41, 5.74) is 6.78. The van der Waals surface area contributed by atoms with Crippen LogP contribution >= 0.6 is 0 Å². The molecule has 72 valence electrons. The van der Waals surface area contributed by atoms with Crippen molar-refractivity contribution in [2.45, 2.75) is 13.0 Å². The van der Waals surface area contributed by atoms with E-state index in [0.717, 1.165) is 11.4 Å². The van der Waals surface area contributed by atoms with E-state index in [1.165, 1.54) is 6.33 Å². The van der Waals surface area contributed by atoms with E-state index in [1.54, 1.807) is 17.2 Å². The average molecular weight is 189 g/mol. The smallest absolute Gasteiger partial charge is 0.159 e. The van der Waals surface area contributed by atoms with Crippen LogP contribution in [0, 0.1) is 0 Å². The lowest BCUT2D eigenvalue weighted by molar-refractivity contribution is 0.760. The van der Waals surface area contributed by atoms with Crippen LogP contribution in [0.3, 0.4) is 0 Å². The molecule has 2 heterocycles. The molecule has 0 aliphatic carbocycles. The molecule has 0 spiro atoms. The number of aromatic nitrogens is 4. The highest BCUT2D eigenvalue weighted by atomic mass is 15.3. The Morgan fingerprint density at radius 3 is 3.00 bits per heavy atom. The van der Waals surface area contributed by atoms with Gasteiger partial charge in [0.2, 0.25) is 0 Å². The summed E-state index contributed by atoms with van der Waals surface area (Å²) < 4.78 is 1.61. The minimum absolute atomic E-state index is 0.0668. The summed E-state index contributed by atoms with van der Waals surface area (Å²) in [7, 11) is 0. The summed E-state index contributed by atoms with van der Waals surface area (Å²) in [5, 5.41) is 4.02. The summed E-state index contributed by atoms with van der Waals surface area (Å²) in [6.07, 6.45) is 4.79. The molecule has 0 saturated heterocycles. The Morgan fingerprint density at radius 1 is 1.50 bits per heavy atom. The molecule has 0 aliphatic heterocycles. The van der Waals surface area contributed by atoms with E-state index in [1.807, 2.05) is 19.1 Å². The highest BCUT2D eigenvalue weighted by molar-refractivity contribution is 5.34. The third kappa shape index (κ3) is 1.49. The van der Waals surface area contributed by atoms with Gasteiger partial charge in [0.25, 0.3) is 0 Å². The molecule has 0 radical (unpaired) electrons. The Balaban J connectivity index is 2.53. The summed E-state index contributed by atoms with van der Waals surface area (Å²) in [4.78, 5) is 8.09. The fraction of sp³-hybridized carbons (Fsp3) is 0.222. The van der Waals surface area contributed by atoms with Crippen LogP contribution in [-0.4, -0.2) is 19.7 Å². The van der Waals surface area contributed by atoms with Crippen LogP contribution < -0.4 is 5.73 Å². The van der Waals surface area contributed by atoms with Crippen LogP contribution in [0.25, 0.3) is 5.82 Å². The number of pyridine rings is 1. The van der Waals surface area contributed by atoms with E-state index < -0.39 is 0 Å².